The normalized spacial score (nSPS) is 29.1. The number of aliphatic hydroxyl groups excluding tert-OH is 2. The van der Waals surface area contributed by atoms with Gasteiger partial charge in [0.25, 0.3) is 0 Å². The van der Waals surface area contributed by atoms with Crippen LogP contribution in [0.25, 0.3) is 0 Å². The van der Waals surface area contributed by atoms with Crippen LogP contribution in [0.1, 0.15) is 48.5 Å². The number of rotatable bonds is 8. The van der Waals surface area contributed by atoms with Crippen LogP contribution in [0.2, 0.25) is 0 Å². The predicted molar refractivity (Wildman–Crippen MR) is 139 cm³/mol. The van der Waals surface area contributed by atoms with Gasteiger partial charge in [0.2, 0.25) is 6.10 Å². The second-order valence-electron chi connectivity index (χ2n) is 11.0. The van der Waals surface area contributed by atoms with Crippen LogP contribution >= 0.6 is 0 Å². The van der Waals surface area contributed by atoms with Gasteiger partial charge in [-0.05, 0) is 49.3 Å². The van der Waals surface area contributed by atoms with E-state index in [1.54, 1.807) is 24.3 Å². The summed E-state index contributed by atoms with van der Waals surface area (Å²) in [5.41, 5.74) is -0.0592. The SMILES string of the molecule is COc1ccc2c3c1O[C@@H]1C(OC(=O)[C@H](O)[C@@H](O)C(=O)O[C@H](C(=O)O)c4ccccc4)=CC[C@]4(O)[C@@H](CCC[C@@]314)C2. The van der Waals surface area contributed by atoms with E-state index in [2.05, 4.69) is 0 Å². The highest BCUT2D eigenvalue weighted by atomic mass is 16.6. The van der Waals surface area contributed by atoms with E-state index in [0.717, 1.165) is 24.0 Å². The molecule has 1 saturated carbocycles. The molecule has 7 atom stereocenters. The van der Waals surface area contributed by atoms with Crippen molar-refractivity contribution in [1.29, 1.82) is 0 Å². The summed E-state index contributed by atoms with van der Waals surface area (Å²) in [4.78, 5) is 37.2. The lowest BCUT2D eigenvalue weighted by molar-refractivity contribution is -0.182. The van der Waals surface area contributed by atoms with Crippen molar-refractivity contribution < 1.29 is 53.8 Å². The summed E-state index contributed by atoms with van der Waals surface area (Å²) in [5.74, 6) is -3.41. The lowest BCUT2D eigenvalue weighted by atomic mass is 9.47. The van der Waals surface area contributed by atoms with E-state index in [0.29, 0.717) is 24.3 Å². The number of carboxylic acid groups (broad SMARTS) is 1. The number of hydrogen-bond acceptors (Lipinski definition) is 10. The van der Waals surface area contributed by atoms with E-state index < -0.39 is 53.3 Å². The molecule has 4 N–H and O–H groups in total. The molecule has 41 heavy (non-hydrogen) atoms. The molecule has 1 aliphatic heterocycles. The highest BCUT2D eigenvalue weighted by molar-refractivity contribution is 5.87. The van der Waals surface area contributed by atoms with E-state index >= 15 is 0 Å². The summed E-state index contributed by atoms with van der Waals surface area (Å²) >= 11 is 0. The molecule has 2 aromatic carbocycles. The lowest BCUT2D eigenvalue weighted by Crippen LogP contribution is -2.67. The van der Waals surface area contributed by atoms with Crippen LogP contribution in [-0.2, 0) is 35.7 Å². The van der Waals surface area contributed by atoms with Gasteiger partial charge in [-0.25, -0.2) is 14.4 Å². The number of esters is 2. The zero-order valence-corrected chi connectivity index (χ0v) is 22.2. The smallest absolute Gasteiger partial charge is 0.349 e. The zero-order valence-electron chi connectivity index (χ0n) is 22.2. The summed E-state index contributed by atoms with van der Waals surface area (Å²) in [7, 11) is 1.51. The molecule has 0 saturated heterocycles. The number of methoxy groups -OCH3 is 1. The fraction of sp³-hybridized carbons (Fsp3) is 0.433. The molecule has 1 heterocycles. The van der Waals surface area contributed by atoms with Crippen molar-refractivity contribution in [1.82, 2.24) is 0 Å². The van der Waals surface area contributed by atoms with Crippen molar-refractivity contribution >= 4 is 17.9 Å². The van der Waals surface area contributed by atoms with E-state index in [1.165, 1.54) is 19.2 Å². The Hall–Kier alpha value is -3.93. The van der Waals surface area contributed by atoms with Crippen molar-refractivity contribution in [3.63, 3.8) is 0 Å². The quantitative estimate of drug-likeness (QED) is 0.343. The first-order valence-corrected chi connectivity index (χ1v) is 13.5. The zero-order chi connectivity index (χ0) is 29.1. The molecule has 216 valence electrons. The van der Waals surface area contributed by atoms with Crippen LogP contribution < -0.4 is 9.47 Å². The van der Waals surface area contributed by atoms with Crippen LogP contribution in [0.5, 0.6) is 11.5 Å². The third kappa shape index (κ3) is 3.94. The summed E-state index contributed by atoms with van der Waals surface area (Å²) in [6.07, 6.45) is -2.85. The van der Waals surface area contributed by atoms with Gasteiger partial charge in [0, 0.05) is 11.1 Å². The topological polar surface area (TPSA) is 169 Å². The number of benzene rings is 2. The van der Waals surface area contributed by atoms with E-state index in [-0.39, 0.29) is 23.7 Å². The highest BCUT2D eigenvalue weighted by Crippen LogP contribution is 2.67. The number of carbonyl (C=O) groups is 3. The minimum Gasteiger partial charge on any atom is -0.493 e. The Labute approximate surface area is 234 Å². The third-order valence-electron chi connectivity index (χ3n) is 9.03. The van der Waals surface area contributed by atoms with Crippen molar-refractivity contribution in [2.75, 3.05) is 7.11 Å². The van der Waals surface area contributed by atoms with E-state index in [1.807, 2.05) is 12.1 Å². The van der Waals surface area contributed by atoms with E-state index in [4.69, 9.17) is 18.9 Å². The van der Waals surface area contributed by atoms with E-state index in [9.17, 15) is 34.8 Å². The summed E-state index contributed by atoms with van der Waals surface area (Å²) < 4.78 is 22.4. The molecule has 2 aromatic rings. The van der Waals surface area contributed by atoms with Gasteiger partial charge >= 0.3 is 17.9 Å². The highest BCUT2D eigenvalue weighted by Gasteiger charge is 2.71. The summed E-state index contributed by atoms with van der Waals surface area (Å²) in [6, 6.07) is 11.3. The summed E-state index contributed by atoms with van der Waals surface area (Å²) in [6.45, 7) is 0. The van der Waals surface area contributed by atoms with Crippen molar-refractivity contribution in [2.45, 2.75) is 67.5 Å². The molecule has 1 fully saturated rings. The number of aliphatic carboxylic acids is 1. The standard InChI is InChI=1S/C30H30O11/c1-38-18-10-9-16-14-17-8-5-12-29-20(16)24(18)40-25(29)19(11-13-30(17,29)37)39-27(35)21(31)22(32)28(36)41-23(26(33)34)15-6-3-2-4-7-15/h2-4,6-7,9-11,17,21-23,25,31-32,37H,5,8,12-14H2,1H3,(H,33,34)/t17-,21+,22+,23-,25+,29+,30-/m0/s1. The molecular weight excluding hydrogens is 536 g/mol. The van der Waals surface area contributed by atoms with Crippen LogP contribution in [0.15, 0.2) is 54.3 Å². The largest absolute Gasteiger partial charge is 0.493 e. The Balaban J connectivity index is 1.24. The average Bonchev–Trinajstić information content (AvgIpc) is 3.31. The molecule has 11 heteroatoms. The molecule has 0 radical (unpaired) electrons. The maximum Gasteiger partial charge on any atom is 0.349 e. The van der Waals surface area contributed by atoms with Crippen molar-refractivity contribution in [2.24, 2.45) is 5.92 Å². The number of hydrogen-bond donors (Lipinski definition) is 4. The predicted octanol–water partition coefficient (Wildman–Crippen LogP) is 1.70. The van der Waals surface area contributed by atoms with Crippen LogP contribution in [0, 0.1) is 5.92 Å². The molecular formula is C30H30O11. The fourth-order valence-electron chi connectivity index (χ4n) is 7.19. The van der Waals surface area contributed by atoms with Gasteiger partial charge in [-0.2, -0.15) is 0 Å². The molecule has 0 amide bonds. The first-order valence-electron chi connectivity index (χ1n) is 13.5. The summed E-state index contributed by atoms with van der Waals surface area (Å²) in [5, 5.41) is 42.5. The van der Waals surface area contributed by atoms with Gasteiger partial charge in [0.15, 0.2) is 29.8 Å². The second-order valence-corrected chi connectivity index (χ2v) is 11.0. The Morgan fingerprint density at radius 1 is 1.05 bits per heavy atom. The Kier molecular flexibility index (Phi) is 6.55. The van der Waals surface area contributed by atoms with Gasteiger partial charge in [-0.3, -0.25) is 0 Å². The van der Waals surface area contributed by atoms with Crippen molar-refractivity contribution in [3.8, 4) is 11.5 Å². The minimum absolute atomic E-state index is 0.0309. The Morgan fingerprint density at radius 3 is 2.49 bits per heavy atom. The van der Waals surface area contributed by atoms with Crippen molar-refractivity contribution in [3.05, 3.63) is 71.0 Å². The van der Waals surface area contributed by atoms with Gasteiger partial charge < -0.3 is 39.4 Å². The number of carbonyl (C=O) groups excluding carboxylic acids is 2. The molecule has 2 bridgehead atoms. The fourth-order valence-corrected chi connectivity index (χ4v) is 7.19. The van der Waals surface area contributed by atoms with Gasteiger partial charge in [0.05, 0.1) is 18.1 Å². The van der Waals surface area contributed by atoms with Gasteiger partial charge in [-0.1, -0.05) is 42.8 Å². The molecule has 3 aliphatic carbocycles. The number of carboxylic acids is 1. The molecule has 11 nitrogen and oxygen atoms in total. The average molecular weight is 567 g/mol. The second kappa shape index (κ2) is 9.86. The van der Waals surface area contributed by atoms with Crippen LogP contribution in [0.3, 0.4) is 0 Å². The third-order valence-corrected chi connectivity index (χ3v) is 9.03. The first-order chi connectivity index (χ1) is 19.6. The van der Waals surface area contributed by atoms with Gasteiger partial charge in [0.1, 0.15) is 5.76 Å². The molecule has 0 unspecified atom stereocenters. The van der Waals surface area contributed by atoms with Crippen LogP contribution in [0.4, 0.5) is 0 Å². The van der Waals surface area contributed by atoms with Crippen LogP contribution in [-0.4, -0.2) is 69.4 Å². The maximum absolute atomic E-state index is 13.0. The lowest BCUT2D eigenvalue weighted by Gasteiger charge is -2.59. The maximum atomic E-state index is 13.0. The van der Waals surface area contributed by atoms with Gasteiger partial charge in [-0.15, -0.1) is 0 Å². The molecule has 6 rings (SSSR count). The molecule has 1 spiro atoms. The molecule has 4 aliphatic rings. The number of ether oxygens (including phenoxy) is 4. The first kappa shape index (κ1) is 27.3. The number of aliphatic hydroxyl groups is 3. The molecule has 0 aromatic heterocycles. The Morgan fingerprint density at radius 2 is 1.78 bits per heavy atom. The monoisotopic (exact) mass is 566 g/mol. The Bertz CT molecular complexity index is 1440. The minimum atomic E-state index is -2.42.